The van der Waals surface area contributed by atoms with Crippen molar-refractivity contribution < 1.29 is 9.53 Å². The SMILES string of the molecule is CC(=O)O[C@H]1C=C[C@@H](N)C1. The molecule has 0 bridgehead atoms. The maximum Gasteiger partial charge on any atom is 0.303 e. The molecule has 0 fully saturated rings. The fourth-order valence-electron chi connectivity index (χ4n) is 0.993. The van der Waals surface area contributed by atoms with Crippen molar-refractivity contribution in [2.75, 3.05) is 0 Å². The van der Waals surface area contributed by atoms with Gasteiger partial charge in [0.15, 0.2) is 0 Å². The second kappa shape index (κ2) is 2.84. The largest absolute Gasteiger partial charge is 0.458 e. The first-order valence-electron chi connectivity index (χ1n) is 3.29. The van der Waals surface area contributed by atoms with Crippen LogP contribution in [0.3, 0.4) is 0 Å². The van der Waals surface area contributed by atoms with Crippen LogP contribution < -0.4 is 5.73 Å². The normalized spacial score (nSPS) is 30.6. The number of esters is 1. The van der Waals surface area contributed by atoms with Gasteiger partial charge in [-0.15, -0.1) is 0 Å². The van der Waals surface area contributed by atoms with Crippen LogP contribution in [-0.2, 0) is 9.53 Å². The Morgan fingerprint density at radius 1 is 1.70 bits per heavy atom. The molecule has 3 heteroatoms. The predicted octanol–water partition coefficient (Wildman–Crippen LogP) is 0.205. The Morgan fingerprint density at radius 3 is 2.80 bits per heavy atom. The van der Waals surface area contributed by atoms with E-state index in [9.17, 15) is 4.79 Å². The van der Waals surface area contributed by atoms with Crippen molar-refractivity contribution in [1.82, 2.24) is 0 Å². The Bertz CT molecular complexity index is 165. The van der Waals surface area contributed by atoms with Gasteiger partial charge in [0, 0.05) is 19.4 Å². The maximum absolute atomic E-state index is 10.4. The second-order valence-corrected chi connectivity index (χ2v) is 2.43. The zero-order valence-corrected chi connectivity index (χ0v) is 5.91. The molecular formula is C7H11NO2. The minimum absolute atomic E-state index is 0.0596. The number of carbonyl (C=O) groups is 1. The molecule has 0 aromatic rings. The van der Waals surface area contributed by atoms with Crippen molar-refractivity contribution in [1.29, 1.82) is 0 Å². The summed E-state index contributed by atoms with van der Waals surface area (Å²) in [5, 5.41) is 0. The summed E-state index contributed by atoms with van der Waals surface area (Å²) in [4.78, 5) is 10.4. The molecule has 0 amide bonds. The standard InChI is InChI=1S/C7H11NO2/c1-5(9)10-7-3-2-6(8)4-7/h2-3,6-7H,4,8H2,1H3/t6-,7+/m1/s1. The molecule has 0 aromatic carbocycles. The van der Waals surface area contributed by atoms with Crippen molar-refractivity contribution >= 4 is 5.97 Å². The van der Waals surface area contributed by atoms with E-state index in [-0.39, 0.29) is 18.1 Å². The molecule has 10 heavy (non-hydrogen) atoms. The molecule has 0 aliphatic heterocycles. The highest BCUT2D eigenvalue weighted by atomic mass is 16.5. The molecule has 0 spiro atoms. The van der Waals surface area contributed by atoms with Crippen molar-refractivity contribution in [3.8, 4) is 0 Å². The molecule has 0 saturated carbocycles. The van der Waals surface area contributed by atoms with E-state index in [4.69, 9.17) is 10.5 Å². The van der Waals surface area contributed by atoms with E-state index in [1.54, 1.807) is 0 Å². The summed E-state index contributed by atoms with van der Waals surface area (Å²) < 4.78 is 4.88. The van der Waals surface area contributed by atoms with Crippen LogP contribution in [0.15, 0.2) is 12.2 Å². The molecule has 1 aliphatic carbocycles. The van der Waals surface area contributed by atoms with Crippen LogP contribution in [0.4, 0.5) is 0 Å². The number of hydrogen-bond donors (Lipinski definition) is 1. The van der Waals surface area contributed by atoms with Crippen LogP contribution in [0, 0.1) is 0 Å². The molecule has 0 saturated heterocycles. The van der Waals surface area contributed by atoms with Gasteiger partial charge in [-0.05, 0) is 6.08 Å². The van der Waals surface area contributed by atoms with E-state index in [0.717, 1.165) is 6.42 Å². The first-order chi connectivity index (χ1) is 4.68. The predicted molar refractivity (Wildman–Crippen MR) is 37.3 cm³/mol. The maximum atomic E-state index is 10.4. The molecule has 3 nitrogen and oxygen atoms in total. The molecular weight excluding hydrogens is 130 g/mol. The van der Waals surface area contributed by atoms with Gasteiger partial charge in [0.25, 0.3) is 0 Å². The summed E-state index contributed by atoms with van der Waals surface area (Å²) in [6, 6.07) is 0.0596. The van der Waals surface area contributed by atoms with Crippen molar-refractivity contribution in [2.45, 2.75) is 25.5 Å². The lowest BCUT2D eigenvalue weighted by Gasteiger charge is -2.08. The average Bonchev–Trinajstić information content (AvgIpc) is 2.13. The molecule has 2 atom stereocenters. The molecule has 56 valence electrons. The van der Waals surface area contributed by atoms with Crippen LogP contribution in [0.2, 0.25) is 0 Å². The Kier molecular flexibility index (Phi) is 2.06. The minimum atomic E-state index is -0.247. The van der Waals surface area contributed by atoms with Gasteiger partial charge in [0.2, 0.25) is 0 Å². The number of ether oxygens (including phenoxy) is 1. The van der Waals surface area contributed by atoms with Crippen LogP contribution in [0.1, 0.15) is 13.3 Å². The number of carbonyl (C=O) groups excluding carboxylic acids is 1. The Labute approximate surface area is 59.8 Å². The third-order valence-corrected chi connectivity index (χ3v) is 1.39. The molecule has 0 radical (unpaired) electrons. The van der Waals surface area contributed by atoms with Crippen LogP contribution in [0.25, 0.3) is 0 Å². The Hall–Kier alpha value is -0.830. The molecule has 0 aromatic heterocycles. The van der Waals surface area contributed by atoms with E-state index in [0.29, 0.717) is 0 Å². The van der Waals surface area contributed by atoms with Gasteiger partial charge in [-0.3, -0.25) is 4.79 Å². The summed E-state index contributed by atoms with van der Waals surface area (Å²) in [7, 11) is 0. The van der Waals surface area contributed by atoms with E-state index < -0.39 is 0 Å². The summed E-state index contributed by atoms with van der Waals surface area (Å²) in [6.45, 7) is 1.40. The van der Waals surface area contributed by atoms with E-state index in [2.05, 4.69) is 0 Å². The Balaban J connectivity index is 2.33. The third-order valence-electron chi connectivity index (χ3n) is 1.39. The highest BCUT2D eigenvalue weighted by molar-refractivity contribution is 5.66. The lowest BCUT2D eigenvalue weighted by atomic mass is 10.2. The van der Waals surface area contributed by atoms with Gasteiger partial charge in [-0.25, -0.2) is 0 Å². The average molecular weight is 141 g/mol. The van der Waals surface area contributed by atoms with Crippen molar-refractivity contribution in [2.24, 2.45) is 5.73 Å². The zero-order chi connectivity index (χ0) is 7.56. The molecule has 2 N–H and O–H groups in total. The second-order valence-electron chi connectivity index (χ2n) is 2.43. The third kappa shape index (κ3) is 1.84. The topological polar surface area (TPSA) is 52.3 Å². The van der Waals surface area contributed by atoms with Gasteiger partial charge in [0.1, 0.15) is 6.10 Å². The van der Waals surface area contributed by atoms with Crippen molar-refractivity contribution in [3.63, 3.8) is 0 Å². The molecule has 1 aliphatic rings. The van der Waals surface area contributed by atoms with Crippen LogP contribution in [0.5, 0.6) is 0 Å². The number of hydrogen-bond acceptors (Lipinski definition) is 3. The minimum Gasteiger partial charge on any atom is -0.458 e. The summed E-state index contributed by atoms with van der Waals surface area (Å²) in [6.07, 6.45) is 4.31. The number of rotatable bonds is 1. The molecule has 0 heterocycles. The first kappa shape index (κ1) is 7.28. The van der Waals surface area contributed by atoms with Gasteiger partial charge in [-0.1, -0.05) is 6.08 Å². The quantitative estimate of drug-likeness (QED) is 0.419. The lowest BCUT2D eigenvalue weighted by molar-refractivity contribution is -0.144. The monoisotopic (exact) mass is 141 g/mol. The zero-order valence-electron chi connectivity index (χ0n) is 5.91. The van der Waals surface area contributed by atoms with Crippen LogP contribution in [-0.4, -0.2) is 18.1 Å². The highest BCUT2D eigenvalue weighted by Gasteiger charge is 2.17. The van der Waals surface area contributed by atoms with Gasteiger partial charge in [-0.2, -0.15) is 0 Å². The van der Waals surface area contributed by atoms with E-state index >= 15 is 0 Å². The first-order valence-corrected chi connectivity index (χ1v) is 3.29. The number of nitrogens with two attached hydrogens (primary N) is 1. The fourth-order valence-corrected chi connectivity index (χ4v) is 0.993. The van der Waals surface area contributed by atoms with Crippen LogP contribution >= 0.6 is 0 Å². The van der Waals surface area contributed by atoms with Gasteiger partial charge in [0.05, 0.1) is 0 Å². The van der Waals surface area contributed by atoms with Gasteiger partial charge >= 0.3 is 5.97 Å². The molecule has 1 rings (SSSR count). The summed E-state index contributed by atoms with van der Waals surface area (Å²) in [5.74, 6) is -0.247. The summed E-state index contributed by atoms with van der Waals surface area (Å²) in [5.41, 5.74) is 5.52. The molecule has 0 unspecified atom stereocenters. The summed E-state index contributed by atoms with van der Waals surface area (Å²) >= 11 is 0. The lowest BCUT2D eigenvalue weighted by Crippen LogP contribution is -2.19. The smallest absolute Gasteiger partial charge is 0.303 e. The van der Waals surface area contributed by atoms with E-state index in [1.165, 1.54) is 6.92 Å². The Morgan fingerprint density at radius 2 is 2.40 bits per heavy atom. The fraction of sp³-hybridized carbons (Fsp3) is 0.571. The van der Waals surface area contributed by atoms with Crippen molar-refractivity contribution in [3.05, 3.63) is 12.2 Å². The van der Waals surface area contributed by atoms with Gasteiger partial charge < -0.3 is 10.5 Å². The highest BCUT2D eigenvalue weighted by Crippen LogP contribution is 2.11. The van der Waals surface area contributed by atoms with E-state index in [1.807, 2.05) is 12.2 Å².